The van der Waals surface area contributed by atoms with Crippen LogP contribution in [0.3, 0.4) is 0 Å². The molecule has 4 N–H and O–H groups in total. The van der Waals surface area contributed by atoms with Gasteiger partial charge in [0.25, 0.3) is 0 Å². The van der Waals surface area contributed by atoms with Gasteiger partial charge in [-0.25, -0.2) is 0 Å². The summed E-state index contributed by atoms with van der Waals surface area (Å²) in [4.78, 5) is 15.1. The summed E-state index contributed by atoms with van der Waals surface area (Å²) in [5.74, 6) is 0.0709. The molecule has 1 fully saturated rings. The number of anilines is 2. The fourth-order valence-corrected chi connectivity index (χ4v) is 3.72. The second kappa shape index (κ2) is 7.87. The van der Waals surface area contributed by atoms with Gasteiger partial charge in [-0.15, -0.1) is 0 Å². The summed E-state index contributed by atoms with van der Waals surface area (Å²) in [7, 11) is 0. The predicted molar refractivity (Wildman–Crippen MR) is 116 cm³/mol. The van der Waals surface area contributed by atoms with Crippen molar-refractivity contribution in [2.24, 2.45) is 5.73 Å². The molecule has 0 aliphatic carbocycles. The average Bonchev–Trinajstić information content (AvgIpc) is 3.17. The Morgan fingerprint density at radius 3 is 2.39 bits per heavy atom. The summed E-state index contributed by atoms with van der Waals surface area (Å²) in [6.07, 6.45) is 1.30. The Bertz CT molecular complexity index is 967. The van der Waals surface area contributed by atoms with Gasteiger partial charge in [0.15, 0.2) is 5.78 Å². The number of ketones is 1. The van der Waals surface area contributed by atoms with Gasteiger partial charge < -0.3 is 16.4 Å². The first-order valence-corrected chi connectivity index (χ1v) is 9.68. The zero-order valence-electron chi connectivity index (χ0n) is 15.8. The van der Waals surface area contributed by atoms with Crippen LogP contribution in [0.15, 0.2) is 72.8 Å². The van der Waals surface area contributed by atoms with E-state index in [2.05, 4.69) is 17.0 Å². The van der Waals surface area contributed by atoms with Crippen molar-refractivity contribution in [1.82, 2.24) is 0 Å². The van der Waals surface area contributed by atoms with Crippen LogP contribution < -0.4 is 16.4 Å². The second-order valence-electron chi connectivity index (χ2n) is 7.42. The highest BCUT2D eigenvalue weighted by Gasteiger charge is 2.19. The lowest BCUT2D eigenvalue weighted by Crippen LogP contribution is -2.26. The first-order valence-electron chi connectivity index (χ1n) is 9.68. The largest absolute Gasteiger partial charge is 0.398 e. The van der Waals surface area contributed by atoms with E-state index < -0.39 is 0 Å². The maximum absolute atomic E-state index is 12.8. The lowest BCUT2D eigenvalue weighted by atomic mass is 9.97. The molecule has 1 aliphatic heterocycles. The summed E-state index contributed by atoms with van der Waals surface area (Å²) in [5.41, 5.74) is 17.6. The molecule has 1 heterocycles. The topological polar surface area (TPSA) is 72.4 Å². The average molecular weight is 371 g/mol. The highest BCUT2D eigenvalue weighted by molar-refractivity contribution is 5.98. The van der Waals surface area contributed by atoms with Crippen LogP contribution >= 0.6 is 0 Å². The van der Waals surface area contributed by atoms with Gasteiger partial charge in [0, 0.05) is 42.5 Å². The SMILES string of the molecule is Nc1ccc(-c2ccccc2)cc1CC(=O)c1ccc(N2CC[C@H](N)C2)cc1. The van der Waals surface area contributed by atoms with E-state index in [-0.39, 0.29) is 11.8 Å². The number of Topliss-reactive ketones (excluding diaryl/α,β-unsaturated/α-hetero) is 1. The maximum atomic E-state index is 12.8. The monoisotopic (exact) mass is 371 g/mol. The highest BCUT2D eigenvalue weighted by atomic mass is 16.1. The molecule has 0 spiro atoms. The van der Waals surface area contributed by atoms with Gasteiger partial charge in [-0.1, -0.05) is 36.4 Å². The molecule has 1 atom stereocenters. The number of hydrogen-bond donors (Lipinski definition) is 2. The zero-order valence-corrected chi connectivity index (χ0v) is 15.8. The Labute approximate surface area is 165 Å². The lowest BCUT2D eigenvalue weighted by Gasteiger charge is -2.18. The third kappa shape index (κ3) is 3.92. The van der Waals surface area contributed by atoms with E-state index in [9.17, 15) is 4.79 Å². The van der Waals surface area contributed by atoms with Crippen LogP contribution in [0, 0.1) is 0 Å². The second-order valence-corrected chi connectivity index (χ2v) is 7.42. The smallest absolute Gasteiger partial charge is 0.167 e. The minimum absolute atomic E-state index is 0.0709. The highest BCUT2D eigenvalue weighted by Crippen LogP contribution is 2.25. The Hall–Kier alpha value is -3.11. The van der Waals surface area contributed by atoms with Gasteiger partial charge in [0.1, 0.15) is 0 Å². The van der Waals surface area contributed by atoms with E-state index in [4.69, 9.17) is 11.5 Å². The zero-order chi connectivity index (χ0) is 19.5. The van der Waals surface area contributed by atoms with Crippen LogP contribution in [0.2, 0.25) is 0 Å². The molecule has 3 aromatic rings. The standard InChI is InChI=1S/C24H25N3O/c25-21-12-13-27(16-21)22-9-6-18(7-10-22)24(28)15-20-14-19(8-11-23(20)26)17-4-2-1-3-5-17/h1-11,14,21H,12-13,15-16,25-26H2/t21-/m0/s1. The molecule has 0 radical (unpaired) electrons. The van der Waals surface area contributed by atoms with Crippen molar-refractivity contribution in [3.05, 3.63) is 83.9 Å². The molecule has 28 heavy (non-hydrogen) atoms. The van der Waals surface area contributed by atoms with E-state index in [1.54, 1.807) is 0 Å². The van der Waals surface area contributed by atoms with Gasteiger partial charge in [-0.2, -0.15) is 0 Å². The van der Waals surface area contributed by atoms with Crippen LogP contribution in [0.1, 0.15) is 22.3 Å². The van der Waals surface area contributed by atoms with E-state index in [0.717, 1.165) is 41.9 Å². The third-order valence-corrected chi connectivity index (χ3v) is 5.38. The van der Waals surface area contributed by atoms with Gasteiger partial charge in [0.2, 0.25) is 0 Å². The first kappa shape index (κ1) is 18.3. The fourth-order valence-electron chi connectivity index (χ4n) is 3.72. The lowest BCUT2D eigenvalue weighted by molar-refractivity contribution is 0.0993. The maximum Gasteiger partial charge on any atom is 0.167 e. The van der Waals surface area contributed by atoms with Gasteiger partial charge >= 0.3 is 0 Å². The molecular formula is C24H25N3O. The number of benzene rings is 3. The molecule has 3 aromatic carbocycles. The van der Waals surface area contributed by atoms with Crippen molar-refractivity contribution < 1.29 is 4.79 Å². The van der Waals surface area contributed by atoms with Crippen LogP contribution in [0.25, 0.3) is 11.1 Å². The number of hydrogen-bond acceptors (Lipinski definition) is 4. The van der Waals surface area contributed by atoms with Crippen molar-refractivity contribution in [2.75, 3.05) is 23.7 Å². The molecule has 1 aliphatic rings. The van der Waals surface area contributed by atoms with Gasteiger partial charge in [-0.05, 0) is 59.5 Å². The molecule has 142 valence electrons. The summed E-state index contributed by atoms with van der Waals surface area (Å²) < 4.78 is 0. The summed E-state index contributed by atoms with van der Waals surface area (Å²) in [6, 6.07) is 24.1. The molecule has 4 heteroatoms. The Kier molecular flexibility index (Phi) is 5.13. The summed E-state index contributed by atoms with van der Waals surface area (Å²) in [5, 5.41) is 0. The number of nitrogens with zero attached hydrogens (tertiary/aromatic N) is 1. The number of rotatable bonds is 5. The van der Waals surface area contributed by atoms with Crippen molar-refractivity contribution in [2.45, 2.75) is 18.9 Å². The van der Waals surface area contributed by atoms with Crippen LogP contribution in [-0.2, 0) is 6.42 Å². The molecule has 4 rings (SSSR count). The van der Waals surface area contributed by atoms with Crippen molar-refractivity contribution >= 4 is 17.2 Å². The van der Waals surface area contributed by atoms with Gasteiger partial charge in [0.05, 0.1) is 0 Å². The van der Waals surface area contributed by atoms with Gasteiger partial charge in [-0.3, -0.25) is 4.79 Å². The molecule has 0 bridgehead atoms. The molecule has 0 aromatic heterocycles. The Balaban J connectivity index is 1.50. The number of carbonyl (C=O) groups excluding carboxylic acids is 1. The third-order valence-electron chi connectivity index (χ3n) is 5.38. The van der Waals surface area contributed by atoms with Crippen LogP contribution in [0.4, 0.5) is 11.4 Å². The molecule has 4 nitrogen and oxygen atoms in total. The predicted octanol–water partition coefficient (Wildman–Crippen LogP) is 3.90. The summed E-state index contributed by atoms with van der Waals surface area (Å²) >= 11 is 0. The number of nitrogens with two attached hydrogens (primary N) is 2. The molecule has 1 saturated heterocycles. The van der Waals surface area contributed by atoms with Crippen LogP contribution in [-0.4, -0.2) is 24.9 Å². The minimum atomic E-state index is 0.0709. The quantitative estimate of drug-likeness (QED) is 0.527. The van der Waals surface area contributed by atoms with Crippen LogP contribution in [0.5, 0.6) is 0 Å². The van der Waals surface area contributed by atoms with E-state index in [1.165, 1.54) is 0 Å². The number of nitrogen functional groups attached to an aromatic ring is 1. The van der Waals surface area contributed by atoms with Crippen molar-refractivity contribution in [3.63, 3.8) is 0 Å². The van der Waals surface area contributed by atoms with E-state index >= 15 is 0 Å². The summed E-state index contributed by atoms with van der Waals surface area (Å²) in [6.45, 7) is 1.84. The molecule has 0 saturated carbocycles. The normalized spacial score (nSPS) is 16.3. The number of carbonyl (C=O) groups is 1. The van der Waals surface area contributed by atoms with E-state index in [1.807, 2.05) is 60.7 Å². The minimum Gasteiger partial charge on any atom is -0.398 e. The Morgan fingerprint density at radius 2 is 1.71 bits per heavy atom. The van der Waals surface area contributed by atoms with E-state index in [0.29, 0.717) is 17.7 Å². The molecule has 0 amide bonds. The molecular weight excluding hydrogens is 346 g/mol. The van der Waals surface area contributed by atoms with Crippen molar-refractivity contribution in [1.29, 1.82) is 0 Å². The fraction of sp³-hybridized carbons (Fsp3) is 0.208. The van der Waals surface area contributed by atoms with Crippen molar-refractivity contribution in [3.8, 4) is 11.1 Å². The first-order chi connectivity index (χ1) is 13.6. The molecule has 0 unspecified atom stereocenters. The Morgan fingerprint density at radius 1 is 0.964 bits per heavy atom.